The monoisotopic (exact) mass is 198 g/mol. The van der Waals surface area contributed by atoms with Crippen LogP contribution >= 0.6 is 0 Å². The summed E-state index contributed by atoms with van der Waals surface area (Å²) in [5.41, 5.74) is 0. The summed E-state index contributed by atoms with van der Waals surface area (Å²) in [4.78, 5) is 13.6. The number of likely N-dealkylation sites (N-methyl/N-ethyl adjacent to an activating group) is 1. The van der Waals surface area contributed by atoms with E-state index < -0.39 is 0 Å². The van der Waals surface area contributed by atoms with Gasteiger partial charge in [0, 0.05) is 19.6 Å². The van der Waals surface area contributed by atoms with E-state index in [4.69, 9.17) is 0 Å². The molecular weight excluding hydrogens is 176 g/mol. The molecule has 1 atom stereocenters. The van der Waals surface area contributed by atoms with Gasteiger partial charge in [0.15, 0.2) is 0 Å². The first-order valence-corrected chi connectivity index (χ1v) is 5.30. The van der Waals surface area contributed by atoms with E-state index in [1.165, 1.54) is 0 Å². The normalized spacial score (nSPS) is 13.1. The Balaban J connectivity index is 3.96. The first-order chi connectivity index (χ1) is 6.67. The van der Waals surface area contributed by atoms with Crippen LogP contribution in [0, 0.1) is 0 Å². The van der Waals surface area contributed by atoms with Gasteiger partial charge < -0.3 is 10.2 Å². The van der Waals surface area contributed by atoms with Crippen LogP contribution in [0.4, 0.5) is 0 Å². The number of hydrogen-bond donors (Lipinski definition) is 1. The highest BCUT2D eigenvalue weighted by molar-refractivity contribution is 5.81. The molecule has 0 aliphatic heterocycles. The lowest BCUT2D eigenvalue weighted by Crippen LogP contribution is -2.44. The van der Waals surface area contributed by atoms with Crippen LogP contribution in [0.3, 0.4) is 0 Å². The molecule has 0 heterocycles. The number of hydrogen-bond acceptors (Lipinski definition) is 2. The molecule has 0 aromatic heterocycles. The maximum atomic E-state index is 11.7. The Labute approximate surface area is 87.2 Å². The number of rotatable bonds is 6. The van der Waals surface area contributed by atoms with E-state index in [1.54, 1.807) is 0 Å². The molecule has 0 aromatic carbocycles. The molecule has 0 aliphatic rings. The Morgan fingerprint density at radius 3 is 2.43 bits per heavy atom. The second-order valence-electron chi connectivity index (χ2n) is 3.21. The van der Waals surface area contributed by atoms with Crippen LogP contribution < -0.4 is 5.32 Å². The summed E-state index contributed by atoms with van der Waals surface area (Å²) in [6.45, 7) is 10.2. The molecule has 1 amide bonds. The molecule has 1 N–H and O–H groups in total. The average molecular weight is 198 g/mol. The SMILES string of the molecule is C/C=C/CNC(C)C(=O)N(CC)CC. The smallest absolute Gasteiger partial charge is 0.239 e. The van der Waals surface area contributed by atoms with E-state index in [-0.39, 0.29) is 11.9 Å². The maximum absolute atomic E-state index is 11.7. The first-order valence-electron chi connectivity index (χ1n) is 5.30. The standard InChI is InChI=1S/C11H22N2O/c1-5-8-9-12-10(4)11(14)13(6-2)7-3/h5,8,10,12H,6-7,9H2,1-4H3/b8-5+. The summed E-state index contributed by atoms with van der Waals surface area (Å²) >= 11 is 0. The zero-order chi connectivity index (χ0) is 11.0. The van der Waals surface area contributed by atoms with E-state index in [1.807, 2.05) is 44.7 Å². The van der Waals surface area contributed by atoms with Crippen LogP contribution in [0.25, 0.3) is 0 Å². The van der Waals surface area contributed by atoms with E-state index in [0.717, 1.165) is 19.6 Å². The van der Waals surface area contributed by atoms with Gasteiger partial charge in [-0.05, 0) is 27.7 Å². The van der Waals surface area contributed by atoms with Gasteiger partial charge in [-0.25, -0.2) is 0 Å². The summed E-state index contributed by atoms with van der Waals surface area (Å²) in [7, 11) is 0. The molecular formula is C11H22N2O. The third kappa shape index (κ3) is 4.42. The summed E-state index contributed by atoms with van der Waals surface area (Å²) in [6, 6.07) is -0.0916. The van der Waals surface area contributed by atoms with Crippen molar-refractivity contribution in [3.63, 3.8) is 0 Å². The zero-order valence-electron chi connectivity index (χ0n) is 9.71. The molecule has 82 valence electrons. The number of carbonyl (C=O) groups excluding carboxylic acids is 1. The molecule has 0 saturated heterocycles. The van der Waals surface area contributed by atoms with E-state index in [0.29, 0.717) is 0 Å². The highest BCUT2D eigenvalue weighted by atomic mass is 16.2. The van der Waals surface area contributed by atoms with Gasteiger partial charge >= 0.3 is 0 Å². The lowest BCUT2D eigenvalue weighted by atomic mass is 10.2. The summed E-state index contributed by atoms with van der Waals surface area (Å²) in [5.74, 6) is 0.180. The van der Waals surface area contributed by atoms with Crippen molar-refractivity contribution in [2.24, 2.45) is 0 Å². The average Bonchev–Trinajstić information content (AvgIpc) is 2.19. The Hall–Kier alpha value is -0.830. The van der Waals surface area contributed by atoms with E-state index >= 15 is 0 Å². The molecule has 0 fully saturated rings. The molecule has 0 rings (SSSR count). The molecule has 0 aromatic rings. The van der Waals surface area contributed by atoms with Crippen molar-refractivity contribution in [1.29, 1.82) is 0 Å². The van der Waals surface area contributed by atoms with Crippen molar-refractivity contribution in [1.82, 2.24) is 10.2 Å². The number of amides is 1. The second kappa shape index (κ2) is 7.56. The van der Waals surface area contributed by atoms with Crippen LogP contribution in [-0.4, -0.2) is 36.5 Å². The van der Waals surface area contributed by atoms with Gasteiger partial charge in [-0.3, -0.25) is 4.79 Å². The van der Waals surface area contributed by atoms with Crippen LogP contribution in [0.1, 0.15) is 27.7 Å². The predicted molar refractivity (Wildman–Crippen MR) is 60.2 cm³/mol. The Morgan fingerprint density at radius 2 is 2.00 bits per heavy atom. The lowest BCUT2D eigenvalue weighted by Gasteiger charge is -2.23. The third-order valence-electron chi connectivity index (χ3n) is 2.22. The summed E-state index contributed by atoms with van der Waals surface area (Å²) in [5, 5.41) is 3.15. The number of carbonyl (C=O) groups is 1. The molecule has 0 aliphatic carbocycles. The van der Waals surface area contributed by atoms with E-state index in [2.05, 4.69) is 5.32 Å². The lowest BCUT2D eigenvalue weighted by molar-refractivity contribution is -0.132. The van der Waals surface area contributed by atoms with Gasteiger partial charge in [-0.15, -0.1) is 0 Å². The summed E-state index contributed by atoms with van der Waals surface area (Å²) in [6.07, 6.45) is 3.98. The topological polar surface area (TPSA) is 32.3 Å². The molecule has 0 saturated carbocycles. The maximum Gasteiger partial charge on any atom is 0.239 e. The Kier molecular flexibility index (Phi) is 7.11. The first kappa shape index (κ1) is 13.2. The highest BCUT2D eigenvalue weighted by Crippen LogP contribution is 1.94. The fourth-order valence-corrected chi connectivity index (χ4v) is 1.26. The number of nitrogens with one attached hydrogen (secondary N) is 1. The van der Waals surface area contributed by atoms with Gasteiger partial charge in [0.1, 0.15) is 0 Å². The van der Waals surface area contributed by atoms with Crippen molar-refractivity contribution >= 4 is 5.91 Å². The molecule has 14 heavy (non-hydrogen) atoms. The van der Waals surface area contributed by atoms with Crippen molar-refractivity contribution in [2.45, 2.75) is 33.7 Å². The van der Waals surface area contributed by atoms with Crippen LogP contribution in [-0.2, 0) is 4.79 Å². The van der Waals surface area contributed by atoms with Crippen molar-refractivity contribution in [3.8, 4) is 0 Å². The van der Waals surface area contributed by atoms with Crippen LogP contribution in [0.2, 0.25) is 0 Å². The van der Waals surface area contributed by atoms with Crippen molar-refractivity contribution < 1.29 is 4.79 Å². The molecule has 0 bridgehead atoms. The van der Waals surface area contributed by atoms with Crippen molar-refractivity contribution in [2.75, 3.05) is 19.6 Å². The molecule has 3 heteroatoms. The van der Waals surface area contributed by atoms with Gasteiger partial charge in [0.05, 0.1) is 6.04 Å². The molecule has 3 nitrogen and oxygen atoms in total. The quantitative estimate of drug-likeness (QED) is 0.654. The summed E-state index contributed by atoms with van der Waals surface area (Å²) < 4.78 is 0. The van der Waals surface area contributed by atoms with Gasteiger partial charge in [0.25, 0.3) is 0 Å². The minimum absolute atomic E-state index is 0.0916. The fourth-order valence-electron chi connectivity index (χ4n) is 1.26. The van der Waals surface area contributed by atoms with Gasteiger partial charge in [0.2, 0.25) is 5.91 Å². The van der Waals surface area contributed by atoms with E-state index in [9.17, 15) is 4.79 Å². The number of nitrogens with zero attached hydrogens (tertiary/aromatic N) is 1. The highest BCUT2D eigenvalue weighted by Gasteiger charge is 2.16. The minimum atomic E-state index is -0.0916. The molecule has 0 radical (unpaired) electrons. The minimum Gasteiger partial charge on any atom is -0.342 e. The van der Waals surface area contributed by atoms with Crippen molar-refractivity contribution in [3.05, 3.63) is 12.2 Å². The van der Waals surface area contributed by atoms with Crippen LogP contribution in [0.5, 0.6) is 0 Å². The van der Waals surface area contributed by atoms with Crippen LogP contribution in [0.15, 0.2) is 12.2 Å². The zero-order valence-corrected chi connectivity index (χ0v) is 9.71. The largest absolute Gasteiger partial charge is 0.342 e. The predicted octanol–water partition coefficient (Wildman–Crippen LogP) is 1.41. The fraction of sp³-hybridized carbons (Fsp3) is 0.727. The Bertz CT molecular complexity index is 186. The second-order valence-corrected chi connectivity index (χ2v) is 3.21. The van der Waals surface area contributed by atoms with Gasteiger partial charge in [-0.1, -0.05) is 12.2 Å². The Morgan fingerprint density at radius 1 is 1.43 bits per heavy atom. The van der Waals surface area contributed by atoms with Gasteiger partial charge in [-0.2, -0.15) is 0 Å². The molecule has 1 unspecified atom stereocenters. The molecule has 0 spiro atoms. The third-order valence-corrected chi connectivity index (χ3v) is 2.22. The number of allylic oxidation sites excluding steroid dienone is 1.